The molecule has 0 spiro atoms. The maximum Gasteiger partial charge on any atom is 0.330 e. The van der Waals surface area contributed by atoms with Gasteiger partial charge in [-0.15, -0.1) is 0 Å². The predicted molar refractivity (Wildman–Crippen MR) is 82.9 cm³/mol. The van der Waals surface area contributed by atoms with Gasteiger partial charge in [-0.3, -0.25) is 9.36 Å². The lowest BCUT2D eigenvalue weighted by Crippen LogP contribution is -2.36. The molecule has 0 aliphatic heterocycles. The van der Waals surface area contributed by atoms with Crippen LogP contribution in [0.3, 0.4) is 0 Å². The first-order chi connectivity index (χ1) is 10.4. The Labute approximate surface area is 133 Å². The number of hydrogen-bond acceptors (Lipinski definition) is 7. The van der Waals surface area contributed by atoms with Gasteiger partial charge in [0.25, 0.3) is 0 Å². The summed E-state index contributed by atoms with van der Waals surface area (Å²) in [5.41, 5.74) is 0. The van der Waals surface area contributed by atoms with Crippen molar-refractivity contribution in [3.63, 3.8) is 0 Å². The van der Waals surface area contributed by atoms with Crippen molar-refractivity contribution in [2.45, 2.75) is 53.4 Å². The molecule has 132 valence electrons. The van der Waals surface area contributed by atoms with Gasteiger partial charge in [0.15, 0.2) is 12.4 Å². The Hall–Kier alpha value is -0.460. The normalized spacial score (nSPS) is 13.4. The van der Waals surface area contributed by atoms with E-state index < -0.39 is 26.0 Å². The van der Waals surface area contributed by atoms with Crippen molar-refractivity contribution in [1.82, 2.24) is 0 Å². The monoisotopic (exact) mass is 340 g/mol. The number of hydrogen-bond donors (Lipinski definition) is 0. The Morgan fingerprint density at radius 3 is 1.82 bits per heavy atom. The first-order valence-electron chi connectivity index (χ1n) is 7.70. The van der Waals surface area contributed by atoms with Crippen molar-refractivity contribution in [3.05, 3.63) is 0 Å². The van der Waals surface area contributed by atoms with Crippen LogP contribution in [0.5, 0.6) is 0 Å². The Bertz CT molecular complexity index is 332. The maximum absolute atomic E-state index is 12.5. The van der Waals surface area contributed by atoms with E-state index in [2.05, 4.69) is 0 Å². The third-order valence-corrected chi connectivity index (χ3v) is 4.73. The quantitative estimate of drug-likeness (QED) is 0.290. The lowest BCUT2D eigenvalue weighted by Gasteiger charge is -2.27. The van der Waals surface area contributed by atoms with E-state index in [-0.39, 0.29) is 25.8 Å². The summed E-state index contributed by atoms with van der Waals surface area (Å²) in [5.74, 6) is -0.447. The van der Waals surface area contributed by atoms with E-state index >= 15 is 0 Å². The highest BCUT2D eigenvalue weighted by Crippen LogP contribution is 2.49. The molecule has 0 N–H and O–H groups in total. The second-order valence-corrected chi connectivity index (χ2v) is 6.57. The topological polar surface area (TPSA) is 80.3 Å². The van der Waals surface area contributed by atoms with Crippen LogP contribution in [0.4, 0.5) is 0 Å². The van der Waals surface area contributed by atoms with E-state index in [9.17, 15) is 9.36 Å². The SMILES string of the molecule is CCOC(OCC)[C@@H](CCP(=O)(OCC)OCC)OC(C)=O. The van der Waals surface area contributed by atoms with Gasteiger partial charge < -0.3 is 23.3 Å². The molecule has 8 heteroatoms. The van der Waals surface area contributed by atoms with Gasteiger partial charge in [0.05, 0.1) is 19.4 Å². The van der Waals surface area contributed by atoms with Crippen LogP contribution in [-0.4, -0.2) is 51.0 Å². The predicted octanol–water partition coefficient (Wildman–Crippen LogP) is 2.97. The summed E-state index contributed by atoms with van der Waals surface area (Å²) in [6.45, 7) is 9.85. The molecule has 0 unspecified atom stereocenters. The molecule has 1 atom stereocenters. The summed E-state index contributed by atoms with van der Waals surface area (Å²) in [5, 5.41) is 0. The fourth-order valence-electron chi connectivity index (χ4n) is 1.90. The summed E-state index contributed by atoms with van der Waals surface area (Å²) in [4.78, 5) is 11.3. The average molecular weight is 340 g/mol. The summed E-state index contributed by atoms with van der Waals surface area (Å²) in [6.07, 6.45) is -0.965. The molecule has 0 saturated carbocycles. The van der Waals surface area contributed by atoms with Crippen LogP contribution in [0.25, 0.3) is 0 Å². The fraction of sp³-hybridized carbons (Fsp3) is 0.929. The van der Waals surface area contributed by atoms with Crippen LogP contribution in [-0.2, 0) is 32.6 Å². The molecule has 0 aromatic rings. The van der Waals surface area contributed by atoms with E-state index in [0.29, 0.717) is 13.2 Å². The van der Waals surface area contributed by atoms with Crippen molar-refractivity contribution in [2.75, 3.05) is 32.6 Å². The van der Waals surface area contributed by atoms with Crippen LogP contribution >= 0.6 is 7.60 Å². The Morgan fingerprint density at radius 1 is 0.955 bits per heavy atom. The molecule has 0 heterocycles. The molecule has 0 bridgehead atoms. The first-order valence-corrected chi connectivity index (χ1v) is 9.43. The van der Waals surface area contributed by atoms with E-state index in [1.54, 1.807) is 13.8 Å². The molecular weight excluding hydrogens is 311 g/mol. The van der Waals surface area contributed by atoms with Gasteiger partial charge in [-0.25, -0.2) is 0 Å². The summed E-state index contributed by atoms with van der Waals surface area (Å²) in [7, 11) is -3.20. The van der Waals surface area contributed by atoms with E-state index in [1.807, 2.05) is 13.8 Å². The number of carbonyl (C=O) groups is 1. The van der Waals surface area contributed by atoms with Gasteiger partial charge in [-0.1, -0.05) is 0 Å². The molecule has 0 aliphatic carbocycles. The highest BCUT2D eigenvalue weighted by molar-refractivity contribution is 7.53. The van der Waals surface area contributed by atoms with Gasteiger partial charge in [0.2, 0.25) is 0 Å². The third kappa shape index (κ3) is 8.86. The zero-order valence-electron chi connectivity index (χ0n) is 14.2. The molecule has 0 aliphatic rings. The molecule has 7 nitrogen and oxygen atoms in total. The molecule has 0 aromatic carbocycles. The van der Waals surface area contributed by atoms with E-state index in [0.717, 1.165) is 0 Å². The van der Waals surface area contributed by atoms with Gasteiger partial charge in [0.1, 0.15) is 0 Å². The fourth-order valence-corrected chi connectivity index (χ4v) is 3.59. The van der Waals surface area contributed by atoms with Crippen molar-refractivity contribution in [1.29, 1.82) is 0 Å². The van der Waals surface area contributed by atoms with Crippen LogP contribution in [0.15, 0.2) is 0 Å². The lowest BCUT2D eigenvalue weighted by atomic mass is 10.2. The van der Waals surface area contributed by atoms with Crippen molar-refractivity contribution >= 4 is 13.6 Å². The van der Waals surface area contributed by atoms with Crippen molar-refractivity contribution < 1.29 is 32.6 Å². The minimum absolute atomic E-state index is 0.128. The molecule has 0 aromatic heterocycles. The lowest BCUT2D eigenvalue weighted by molar-refractivity contribution is -0.206. The number of rotatable bonds is 13. The smallest absolute Gasteiger partial charge is 0.330 e. The molecule has 0 radical (unpaired) electrons. The second kappa shape index (κ2) is 12.0. The van der Waals surface area contributed by atoms with Crippen LogP contribution in [0, 0.1) is 0 Å². The number of ether oxygens (including phenoxy) is 3. The van der Waals surface area contributed by atoms with Crippen LogP contribution in [0.1, 0.15) is 41.0 Å². The standard InChI is InChI=1S/C14H29O7P/c1-6-17-14(18-7-2)13(21-12(5)15)10-11-22(16,19-8-3)20-9-4/h13-14H,6-11H2,1-5H3/t13-/m1/s1. The average Bonchev–Trinajstić information content (AvgIpc) is 2.43. The highest BCUT2D eigenvalue weighted by atomic mass is 31.2. The maximum atomic E-state index is 12.5. The second-order valence-electron chi connectivity index (χ2n) is 4.39. The number of carbonyl (C=O) groups excluding carboxylic acids is 1. The van der Waals surface area contributed by atoms with Gasteiger partial charge in [-0.05, 0) is 27.7 Å². The van der Waals surface area contributed by atoms with Crippen molar-refractivity contribution in [2.24, 2.45) is 0 Å². The van der Waals surface area contributed by atoms with Gasteiger partial charge in [-0.2, -0.15) is 0 Å². The zero-order chi connectivity index (χ0) is 17.0. The molecular formula is C14H29O7P. The van der Waals surface area contributed by atoms with Gasteiger partial charge in [0, 0.05) is 26.6 Å². The minimum atomic E-state index is -3.20. The Kier molecular flexibility index (Phi) is 11.8. The third-order valence-electron chi connectivity index (χ3n) is 2.62. The van der Waals surface area contributed by atoms with Crippen molar-refractivity contribution in [3.8, 4) is 0 Å². The molecule has 0 fully saturated rings. The zero-order valence-corrected chi connectivity index (χ0v) is 15.1. The Morgan fingerprint density at radius 2 is 1.45 bits per heavy atom. The van der Waals surface area contributed by atoms with E-state index in [1.165, 1.54) is 6.92 Å². The summed E-state index contributed by atoms with van der Waals surface area (Å²) < 4.78 is 39.1. The van der Waals surface area contributed by atoms with Gasteiger partial charge >= 0.3 is 13.6 Å². The van der Waals surface area contributed by atoms with E-state index in [4.69, 9.17) is 23.3 Å². The largest absolute Gasteiger partial charge is 0.457 e. The molecule has 22 heavy (non-hydrogen) atoms. The number of esters is 1. The molecule has 0 amide bonds. The first kappa shape index (κ1) is 21.5. The van der Waals surface area contributed by atoms with Crippen LogP contribution < -0.4 is 0 Å². The summed E-state index contributed by atoms with van der Waals surface area (Å²) in [6, 6.07) is 0. The minimum Gasteiger partial charge on any atom is -0.457 e. The van der Waals surface area contributed by atoms with Crippen LogP contribution in [0.2, 0.25) is 0 Å². The molecule has 0 saturated heterocycles. The highest BCUT2D eigenvalue weighted by Gasteiger charge is 2.31. The Balaban J connectivity index is 4.87. The molecule has 0 rings (SSSR count). The summed E-state index contributed by atoms with van der Waals surface area (Å²) >= 11 is 0.